The van der Waals surface area contributed by atoms with E-state index >= 15 is 0 Å². The van der Waals surface area contributed by atoms with E-state index in [0.29, 0.717) is 21.9 Å². The second-order valence-electron chi connectivity index (χ2n) is 4.26. The predicted molar refractivity (Wildman–Crippen MR) is 76.9 cm³/mol. The number of carbonyl (C=O) groups excluding carboxylic acids is 1. The summed E-state index contributed by atoms with van der Waals surface area (Å²) in [6.07, 6.45) is -0.0199. The Kier molecular flexibility index (Phi) is 4.25. The van der Waals surface area contributed by atoms with Gasteiger partial charge in [0.05, 0.1) is 12.8 Å². The first-order valence-corrected chi connectivity index (χ1v) is 6.30. The fourth-order valence-electron chi connectivity index (χ4n) is 1.91. The summed E-state index contributed by atoms with van der Waals surface area (Å²) in [7, 11) is 1.48. The lowest BCUT2D eigenvalue weighted by Gasteiger charge is -2.10. The van der Waals surface area contributed by atoms with Crippen LogP contribution in [0.15, 0.2) is 36.4 Å². The number of hydrogen-bond acceptors (Lipinski definition) is 3. The summed E-state index contributed by atoms with van der Waals surface area (Å²) in [6.45, 7) is 0. The van der Waals surface area contributed by atoms with Crippen molar-refractivity contribution in [3.8, 4) is 5.75 Å². The van der Waals surface area contributed by atoms with Gasteiger partial charge in [-0.1, -0.05) is 17.7 Å². The Morgan fingerprint density at radius 2 is 2.10 bits per heavy atom. The van der Waals surface area contributed by atoms with Crippen LogP contribution >= 0.6 is 11.6 Å². The number of nitrogen functional groups attached to an aromatic ring is 1. The molecule has 0 saturated carbocycles. The lowest BCUT2D eigenvalue weighted by Crippen LogP contribution is -2.08. The van der Waals surface area contributed by atoms with Gasteiger partial charge < -0.3 is 10.5 Å². The molecule has 0 fully saturated rings. The monoisotopic (exact) mass is 293 g/mol. The van der Waals surface area contributed by atoms with Crippen molar-refractivity contribution in [1.82, 2.24) is 0 Å². The highest BCUT2D eigenvalue weighted by molar-refractivity contribution is 6.31. The second-order valence-corrected chi connectivity index (χ2v) is 4.66. The zero-order chi connectivity index (χ0) is 14.7. The third-order valence-electron chi connectivity index (χ3n) is 2.95. The van der Waals surface area contributed by atoms with Gasteiger partial charge in [0, 0.05) is 17.0 Å². The molecule has 0 saturated heterocycles. The molecule has 0 aliphatic rings. The van der Waals surface area contributed by atoms with Crippen LogP contribution in [0.25, 0.3) is 0 Å². The first-order valence-electron chi connectivity index (χ1n) is 5.92. The van der Waals surface area contributed by atoms with Crippen molar-refractivity contribution in [1.29, 1.82) is 0 Å². The summed E-state index contributed by atoms with van der Waals surface area (Å²) in [5.41, 5.74) is 6.90. The first-order chi connectivity index (χ1) is 9.52. The van der Waals surface area contributed by atoms with E-state index in [1.54, 1.807) is 18.2 Å². The fraction of sp³-hybridized carbons (Fsp3) is 0.133. The Morgan fingerprint density at radius 3 is 2.80 bits per heavy atom. The van der Waals surface area contributed by atoms with Crippen LogP contribution in [0.2, 0.25) is 5.02 Å². The summed E-state index contributed by atoms with van der Waals surface area (Å²) >= 11 is 5.95. The van der Waals surface area contributed by atoms with Crippen molar-refractivity contribution < 1.29 is 13.9 Å². The highest BCUT2D eigenvalue weighted by Gasteiger charge is 2.15. The maximum absolute atomic E-state index is 13.2. The number of anilines is 1. The molecule has 0 radical (unpaired) electrons. The van der Waals surface area contributed by atoms with E-state index in [2.05, 4.69) is 0 Å². The van der Waals surface area contributed by atoms with E-state index < -0.39 is 5.82 Å². The molecule has 2 aromatic carbocycles. The van der Waals surface area contributed by atoms with E-state index in [9.17, 15) is 9.18 Å². The summed E-state index contributed by atoms with van der Waals surface area (Å²) in [5, 5.41) is 0.348. The minimum absolute atomic E-state index is 0.0199. The standard InChI is InChI=1S/C15H13ClFNO2/c1-20-14-4-2-3-11(15(14)18)13(19)8-9-7-10(17)5-6-12(9)16/h2-7H,8,18H2,1H3. The predicted octanol–water partition coefficient (Wildman–Crippen LogP) is 3.50. The summed E-state index contributed by atoms with van der Waals surface area (Å²) in [5.74, 6) is -0.245. The van der Waals surface area contributed by atoms with Crippen LogP contribution in [0.1, 0.15) is 15.9 Å². The van der Waals surface area contributed by atoms with Gasteiger partial charge in [0.1, 0.15) is 11.6 Å². The van der Waals surface area contributed by atoms with Gasteiger partial charge in [-0.3, -0.25) is 4.79 Å². The van der Waals surface area contributed by atoms with Gasteiger partial charge in [-0.2, -0.15) is 0 Å². The molecule has 104 valence electrons. The van der Waals surface area contributed by atoms with E-state index in [1.807, 2.05) is 0 Å². The van der Waals surface area contributed by atoms with Crippen molar-refractivity contribution in [2.75, 3.05) is 12.8 Å². The molecule has 0 bridgehead atoms. The number of nitrogens with two attached hydrogens (primary N) is 1. The summed E-state index contributed by atoms with van der Waals surface area (Å²) in [4.78, 5) is 12.2. The number of Topliss-reactive ketones (excluding diaryl/α,β-unsaturated/α-hetero) is 1. The number of ether oxygens (including phenoxy) is 1. The number of hydrogen-bond donors (Lipinski definition) is 1. The number of benzene rings is 2. The number of ketones is 1. The van der Waals surface area contributed by atoms with Crippen LogP contribution < -0.4 is 10.5 Å². The number of para-hydroxylation sites is 1. The quantitative estimate of drug-likeness (QED) is 0.693. The fourth-order valence-corrected chi connectivity index (χ4v) is 2.10. The lowest BCUT2D eigenvalue weighted by molar-refractivity contribution is 0.0993. The van der Waals surface area contributed by atoms with Gasteiger partial charge in [-0.25, -0.2) is 4.39 Å². The van der Waals surface area contributed by atoms with Gasteiger partial charge in [0.15, 0.2) is 5.78 Å². The van der Waals surface area contributed by atoms with Gasteiger partial charge >= 0.3 is 0 Å². The normalized spacial score (nSPS) is 10.3. The molecule has 2 aromatic rings. The lowest BCUT2D eigenvalue weighted by atomic mass is 10.0. The third kappa shape index (κ3) is 2.91. The zero-order valence-electron chi connectivity index (χ0n) is 10.8. The Balaban J connectivity index is 2.31. The van der Waals surface area contributed by atoms with Crippen LogP contribution in [0.3, 0.4) is 0 Å². The number of carbonyl (C=O) groups is 1. The van der Waals surface area contributed by atoms with Gasteiger partial charge in [-0.05, 0) is 35.9 Å². The molecular formula is C15H13ClFNO2. The van der Waals surface area contributed by atoms with E-state index in [4.69, 9.17) is 22.1 Å². The Labute approximate surface area is 121 Å². The van der Waals surface area contributed by atoms with Crippen LogP contribution in [0.5, 0.6) is 5.75 Å². The Hall–Kier alpha value is -2.07. The second kappa shape index (κ2) is 5.92. The summed E-state index contributed by atoms with van der Waals surface area (Å²) in [6, 6.07) is 8.87. The number of methoxy groups -OCH3 is 1. The Bertz CT molecular complexity index is 658. The van der Waals surface area contributed by atoms with E-state index in [0.717, 1.165) is 0 Å². The number of halogens is 2. The van der Waals surface area contributed by atoms with Crippen LogP contribution in [-0.2, 0) is 6.42 Å². The van der Waals surface area contributed by atoms with Gasteiger partial charge in [0.25, 0.3) is 0 Å². The van der Waals surface area contributed by atoms with Gasteiger partial charge in [-0.15, -0.1) is 0 Å². The molecular weight excluding hydrogens is 281 g/mol. The smallest absolute Gasteiger partial charge is 0.169 e. The number of rotatable bonds is 4. The minimum atomic E-state index is -0.434. The van der Waals surface area contributed by atoms with Crippen molar-refractivity contribution in [3.63, 3.8) is 0 Å². The first kappa shape index (κ1) is 14.3. The summed E-state index contributed by atoms with van der Waals surface area (Å²) < 4.78 is 18.2. The van der Waals surface area contributed by atoms with Crippen molar-refractivity contribution in [3.05, 3.63) is 58.4 Å². The molecule has 0 aromatic heterocycles. The van der Waals surface area contributed by atoms with Crippen molar-refractivity contribution >= 4 is 23.1 Å². The zero-order valence-corrected chi connectivity index (χ0v) is 11.6. The molecule has 0 unspecified atom stereocenters. The SMILES string of the molecule is COc1cccc(C(=O)Cc2cc(F)ccc2Cl)c1N. The topological polar surface area (TPSA) is 52.3 Å². The molecule has 0 aliphatic heterocycles. The van der Waals surface area contributed by atoms with Crippen LogP contribution in [-0.4, -0.2) is 12.9 Å². The van der Waals surface area contributed by atoms with Crippen molar-refractivity contribution in [2.45, 2.75) is 6.42 Å². The van der Waals surface area contributed by atoms with E-state index in [1.165, 1.54) is 25.3 Å². The van der Waals surface area contributed by atoms with E-state index in [-0.39, 0.29) is 17.9 Å². The van der Waals surface area contributed by atoms with Crippen LogP contribution in [0, 0.1) is 5.82 Å². The molecule has 5 heteroatoms. The molecule has 2 N–H and O–H groups in total. The maximum atomic E-state index is 13.2. The molecule has 0 spiro atoms. The molecule has 3 nitrogen and oxygen atoms in total. The highest BCUT2D eigenvalue weighted by atomic mass is 35.5. The molecule has 2 rings (SSSR count). The molecule has 0 heterocycles. The molecule has 0 atom stereocenters. The molecule has 20 heavy (non-hydrogen) atoms. The van der Waals surface area contributed by atoms with Crippen molar-refractivity contribution in [2.24, 2.45) is 0 Å². The van der Waals surface area contributed by atoms with Crippen LogP contribution in [0.4, 0.5) is 10.1 Å². The largest absolute Gasteiger partial charge is 0.495 e. The average Bonchev–Trinajstić information content (AvgIpc) is 2.43. The van der Waals surface area contributed by atoms with Gasteiger partial charge in [0.2, 0.25) is 0 Å². The Morgan fingerprint density at radius 1 is 1.35 bits per heavy atom. The third-order valence-corrected chi connectivity index (χ3v) is 3.31. The molecule has 0 aliphatic carbocycles. The highest BCUT2D eigenvalue weighted by Crippen LogP contribution is 2.27. The minimum Gasteiger partial charge on any atom is -0.495 e. The molecule has 0 amide bonds. The maximum Gasteiger partial charge on any atom is 0.169 e. The average molecular weight is 294 g/mol.